The van der Waals surface area contributed by atoms with E-state index in [1.165, 1.54) is 51.6 Å². The van der Waals surface area contributed by atoms with Gasteiger partial charge < -0.3 is 15.4 Å². The van der Waals surface area contributed by atoms with Crippen molar-refractivity contribution in [3.05, 3.63) is 0 Å². The molecule has 0 aromatic carbocycles. The van der Waals surface area contributed by atoms with Crippen LogP contribution in [0.3, 0.4) is 0 Å². The molecule has 0 unspecified atom stereocenters. The maximum Gasteiger partial charge on any atom is 0.0591 e. The van der Waals surface area contributed by atoms with Crippen molar-refractivity contribution >= 4 is 0 Å². The summed E-state index contributed by atoms with van der Waals surface area (Å²) in [5, 5.41) is 6.90. The summed E-state index contributed by atoms with van der Waals surface area (Å²) >= 11 is 0. The zero-order chi connectivity index (χ0) is 11.8. The topological polar surface area (TPSA) is 33.3 Å². The largest absolute Gasteiger partial charge is 0.380 e. The molecule has 2 N–H and O–H groups in total. The summed E-state index contributed by atoms with van der Waals surface area (Å²) in [5.74, 6) is 1.87. The number of ether oxygens (including phenoxy) is 1. The van der Waals surface area contributed by atoms with Gasteiger partial charge in [0.05, 0.1) is 6.61 Å². The van der Waals surface area contributed by atoms with Crippen LogP contribution in [0.2, 0.25) is 0 Å². The van der Waals surface area contributed by atoms with E-state index in [1.807, 2.05) is 0 Å². The first kappa shape index (κ1) is 13.3. The fraction of sp³-hybridized carbons (Fsp3) is 1.00. The summed E-state index contributed by atoms with van der Waals surface area (Å²) < 4.78 is 5.58. The Morgan fingerprint density at radius 1 is 1.00 bits per heavy atom. The molecule has 0 aromatic rings. The second-order valence-electron chi connectivity index (χ2n) is 5.60. The molecular weight excluding hydrogens is 212 g/mol. The molecule has 1 aliphatic carbocycles. The van der Waals surface area contributed by atoms with E-state index < -0.39 is 0 Å². The van der Waals surface area contributed by atoms with E-state index in [9.17, 15) is 0 Å². The summed E-state index contributed by atoms with van der Waals surface area (Å²) in [7, 11) is 0. The highest BCUT2D eigenvalue weighted by Gasteiger charge is 2.20. The SMILES string of the molecule is C(CNCCOCC1CC1)CC1CCNCC1. The van der Waals surface area contributed by atoms with Crippen molar-refractivity contribution in [2.24, 2.45) is 11.8 Å². The monoisotopic (exact) mass is 240 g/mol. The first-order chi connectivity index (χ1) is 8.45. The van der Waals surface area contributed by atoms with Gasteiger partial charge in [-0.05, 0) is 70.0 Å². The van der Waals surface area contributed by atoms with Crippen molar-refractivity contribution in [1.82, 2.24) is 10.6 Å². The molecule has 2 fully saturated rings. The van der Waals surface area contributed by atoms with E-state index in [0.717, 1.165) is 38.1 Å². The van der Waals surface area contributed by atoms with Gasteiger partial charge in [0.15, 0.2) is 0 Å². The van der Waals surface area contributed by atoms with E-state index in [2.05, 4.69) is 10.6 Å². The molecule has 0 amide bonds. The summed E-state index contributed by atoms with van der Waals surface area (Å²) in [6, 6.07) is 0. The molecule has 1 saturated carbocycles. The van der Waals surface area contributed by atoms with Crippen LogP contribution in [0.5, 0.6) is 0 Å². The minimum Gasteiger partial charge on any atom is -0.380 e. The van der Waals surface area contributed by atoms with Gasteiger partial charge in [0.1, 0.15) is 0 Å². The number of nitrogens with one attached hydrogen (secondary N) is 2. The second-order valence-corrected chi connectivity index (χ2v) is 5.60. The molecule has 0 bridgehead atoms. The Morgan fingerprint density at radius 2 is 1.82 bits per heavy atom. The molecule has 100 valence electrons. The lowest BCUT2D eigenvalue weighted by atomic mass is 9.93. The average Bonchev–Trinajstić information content (AvgIpc) is 3.18. The molecule has 3 heteroatoms. The Balaban J connectivity index is 1.31. The van der Waals surface area contributed by atoms with Crippen LogP contribution in [-0.2, 0) is 4.74 Å². The first-order valence-corrected chi connectivity index (χ1v) is 7.44. The molecule has 0 spiro atoms. The number of hydrogen-bond donors (Lipinski definition) is 2. The molecule has 2 aliphatic rings. The van der Waals surface area contributed by atoms with Crippen LogP contribution in [0.25, 0.3) is 0 Å². The molecule has 1 saturated heterocycles. The smallest absolute Gasteiger partial charge is 0.0591 e. The molecule has 1 heterocycles. The van der Waals surface area contributed by atoms with E-state index >= 15 is 0 Å². The maximum atomic E-state index is 5.58. The zero-order valence-electron chi connectivity index (χ0n) is 11.0. The van der Waals surface area contributed by atoms with Gasteiger partial charge in [-0.3, -0.25) is 0 Å². The molecule has 2 rings (SSSR count). The molecular formula is C14H28N2O. The van der Waals surface area contributed by atoms with Gasteiger partial charge in [-0.2, -0.15) is 0 Å². The molecule has 0 radical (unpaired) electrons. The van der Waals surface area contributed by atoms with E-state index in [1.54, 1.807) is 0 Å². The van der Waals surface area contributed by atoms with Crippen LogP contribution in [0.15, 0.2) is 0 Å². The van der Waals surface area contributed by atoms with Crippen LogP contribution in [0.1, 0.15) is 38.5 Å². The van der Waals surface area contributed by atoms with E-state index in [4.69, 9.17) is 4.74 Å². The fourth-order valence-electron chi connectivity index (χ4n) is 2.49. The predicted molar refractivity (Wildman–Crippen MR) is 71.2 cm³/mol. The maximum absolute atomic E-state index is 5.58. The summed E-state index contributed by atoms with van der Waals surface area (Å²) in [6.07, 6.45) is 8.27. The molecule has 1 aliphatic heterocycles. The van der Waals surface area contributed by atoms with Gasteiger partial charge in [0.2, 0.25) is 0 Å². The van der Waals surface area contributed by atoms with Gasteiger partial charge in [-0.1, -0.05) is 0 Å². The lowest BCUT2D eigenvalue weighted by Gasteiger charge is -2.22. The zero-order valence-corrected chi connectivity index (χ0v) is 11.0. The Kier molecular flexibility index (Phi) is 6.32. The lowest BCUT2D eigenvalue weighted by Crippen LogP contribution is -2.28. The van der Waals surface area contributed by atoms with Crippen molar-refractivity contribution in [3.8, 4) is 0 Å². The third kappa shape index (κ3) is 6.39. The van der Waals surface area contributed by atoms with Gasteiger partial charge in [0.25, 0.3) is 0 Å². The van der Waals surface area contributed by atoms with Crippen LogP contribution in [-0.4, -0.2) is 39.4 Å². The third-order valence-corrected chi connectivity index (χ3v) is 3.90. The Bertz CT molecular complexity index is 189. The van der Waals surface area contributed by atoms with Crippen molar-refractivity contribution in [2.75, 3.05) is 39.4 Å². The molecule has 17 heavy (non-hydrogen) atoms. The van der Waals surface area contributed by atoms with E-state index in [-0.39, 0.29) is 0 Å². The summed E-state index contributed by atoms with van der Waals surface area (Å²) in [6.45, 7) is 6.54. The average molecular weight is 240 g/mol. The normalized spacial score (nSPS) is 21.9. The fourth-order valence-corrected chi connectivity index (χ4v) is 2.49. The number of hydrogen-bond acceptors (Lipinski definition) is 3. The highest BCUT2D eigenvalue weighted by atomic mass is 16.5. The molecule has 0 aromatic heterocycles. The summed E-state index contributed by atoms with van der Waals surface area (Å²) in [4.78, 5) is 0. The van der Waals surface area contributed by atoms with Crippen molar-refractivity contribution < 1.29 is 4.74 Å². The van der Waals surface area contributed by atoms with Crippen molar-refractivity contribution in [2.45, 2.75) is 38.5 Å². The minimum absolute atomic E-state index is 0.893. The lowest BCUT2D eigenvalue weighted by molar-refractivity contribution is 0.126. The van der Waals surface area contributed by atoms with Gasteiger partial charge in [-0.15, -0.1) is 0 Å². The Hall–Kier alpha value is -0.120. The molecule has 0 atom stereocenters. The van der Waals surface area contributed by atoms with Crippen LogP contribution in [0, 0.1) is 11.8 Å². The highest BCUT2D eigenvalue weighted by Crippen LogP contribution is 2.28. The number of piperidine rings is 1. The third-order valence-electron chi connectivity index (χ3n) is 3.90. The standard InChI is InChI=1S/C14H28N2O/c1(2-13-5-8-16-9-6-13)7-15-10-11-17-12-14-3-4-14/h13-16H,1-12H2. The quantitative estimate of drug-likeness (QED) is 0.603. The molecule has 3 nitrogen and oxygen atoms in total. The van der Waals surface area contributed by atoms with Gasteiger partial charge >= 0.3 is 0 Å². The highest BCUT2D eigenvalue weighted by molar-refractivity contribution is 4.72. The van der Waals surface area contributed by atoms with Crippen LogP contribution >= 0.6 is 0 Å². The Labute approximate surface area is 106 Å². The second kappa shape index (κ2) is 8.06. The van der Waals surface area contributed by atoms with Crippen LogP contribution in [0.4, 0.5) is 0 Å². The van der Waals surface area contributed by atoms with Crippen LogP contribution < -0.4 is 10.6 Å². The minimum atomic E-state index is 0.893. The van der Waals surface area contributed by atoms with Gasteiger partial charge in [-0.25, -0.2) is 0 Å². The summed E-state index contributed by atoms with van der Waals surface area (Å²) in [5.41, 5.74) is 0. The first-order valence-electron chi connectivity index (χ1n) is 7.44. The number of rotatable bonds is 9. The van der Waals surface area contributed by atoms with Gasteiger partial charge in [0, 0.05) is 13.2 Å². The van der Waals surface area contributed by atoms with E-state index in [0.29, 0.717) is 0 Å². The van der Waals surface area contributed by atoms with Crippen molar-refractivity contribution in [1.29, 1.82) is 0 Å². The van der Waals surface area contributed by atoms with Crippen molar-refractivity contribution in [3.63, 3.8) is 0 Å². The predicted octanol–water partition coefficient (Wildman–Crippen LogP) is 1.78. The Morgan fingerprint density at radius 3 is 2.59 bits per heavy atom.